The molecule has 19 heavy (non-hydrogen) atoms. The van der Waals surface area contributed by atoms with Crippen LogP contribution in [-0.2, 0) is 0 Å². The van der Waals surface area contributed by atoms with Gasteiger partial charge in [0.05, 0.1) is 6.04 Å². The van der Waals surface area contributed by atoms with Gasteiger partial charge in [0, 0.05) is 13.1 Å². The maximum atomic E-state index is 5.73. The quantitative estimate of drug-likeness (QED) is 0.330. The topological polar surface area (TPSA) is 53.6 Å². The van der Waals surface area contributed by atoms with Gasteiger partial charge in [-0.2, -0.15) is 0 Å². The van der Waals surface area contributed by atoms with Gasteiger partial charge in [0.1, 0.15) is 0 Å². The molecule has 1 aliphatic heterocycles. The van der Waals surface area contributed by atoms with Gasteiger partial charge in [0.25, 0.3) is 0 Å². The predicted molar refractivity (Wildman–Crippen MR) is 78.7 cm³/mol. The van der Waals surface area contributed by atoms with Crippen LogP contribution in [0.4, 0.5) is 0 Å². The lowest BCUT2D eigenvalue weighted by Gasteiger charge is -2.42. The first-order valence-corrected chi connectivity index (χ1v) is 8.16. The lowest BCUT2D eigenvalue weighted by atomic mass is 9.75. The zero-order valence-corrected chi connectivity index (χ0v) is 12.0. The van der Waals surface area contributed by atoms with Crippen LogP contribution in [0.2, 0.25) is 0 Å². The van der Waals surface area contributed by atoms with Gasteiger partial charge >= 0.3 is 0 Å². The molecule has 1 saturated heterocycles. The molecule has 0 aromatic rings. The Morgan fingerprint density at radius 3 is 2.37 bits per heavy atom. The first-order valence-electron chi connectivity index (χ1n) is 8.16. The molecular weight excluding hydrogens is 236 g/mol. The smallest absolute Gasteiger partial charge is 0.208 e. The van der Waals surface area contributed by atoms with Crippen LogP contribution in [0.15, 0.2) is 4.99 Å². The number of fused-ring (bicyclic) bond motifs is 1. The highest BCUT2D eigenvalue weighted by Crippen LogP contribution is 2.36. The van der Waals surface area contributed by atoms with Gasteiger partial charge in [-0.3, -0.25) is 5.43 Å². The molecule has 0 aromatic heterocycles. The van der Waals surface area contributed by atoms with Gasteiger partial charge in [-0.1, -0.05) is 32.1 Å². The van der Waals surface area contributed by atoms with E-state index in [0.717, 1.165) is 24.3 Å². The summed E-state index contributed by atoms with van der Waals surface area (Å²) >= 11 is 0. The summed E-state index contributed by atoms with van der Waals surface area (Å²) in [5.41, 5.74) is 2.87. The molecule has 4 nitrogen and oxygen atoms in total. The van der Waals surface area contributed by atoms with Crippen molar-refractivity contribution in [2.75, 3.05) is 13.1 Å². The summed E-state index contributed by atoms with van der Waals surface area (Å²) < 4.78 is 0. The number of likely N-dealkylation sites (tertiary alicyclic amines) is 1. The number of nitrogens with one attached hydrogen (secondary N) is 1. The van der Waals surface area contributed by atoms with E-state index in [1.54, 1.807) is 0 Å². The van der Waals surface area contributed by atoms with E-state index in [0.29, 0.717) is 6.04 Å². The summed E-state index contributed by atoms with van der Waals surface area (Å²) in [6, 6.07) is 0.509. The number of rotatable bonds is 1. The van der Waals surface area contributed by atoms with Crippen molar-refractivity contribution in [1.29, 1.82) is 0 Å². The minimum atomic E-state index is 0.509. The maximum Gasteiger partial charge on any atom is 0.208 e. The Bertz CT molecular complexity index is 322. The average molecular weight is 264 g/mol. The first-order chi connectivity index (χ1) is 9.36. The Hall–Kier alpha value is -0.770. The number of hydrogen-bond acceptors (Lipinski definition) is 2. The van der Waals surface area contributed by atoms with E-state index in [1.807, 2.05) is 0 Å². The fraction of sp³-hybridized carbons (Fsp3) is 0.933. The highest BCUT2D eigenvalue weighted by molar-refractivity contribution is 5.79. The van der Waals surface area contributed by atoms with Crippen LogP contribution in [0.3, 0.4) is 0 Å². The summed E-state index contributed by atoms with van der Waals surface area (Å²) in [5, 5.41) is 0. The molecule has 0 amide bonds. The molecule has 0 spiro atoms. The Morgan fingerprint density at radius 1 is 0.947 bits per heavy atom. The van der Waals surface area contributed by atoms with E-state index in [-0.39, 0.29) is 0 Å². The molecule has 3 N–H and O–H groups in total. The largest absolute Gasteiger partial charge is 0.342 e. The molecule has 1 heterocycles. The third kappa shape index (κ3) is 3.04. The molecule has 3 rings (SSSR count). The Balaban J connectivity index is 1.63. The van der Waals surface area contributed by atoms with E-state index in [9.17, 15) is 0 Å². The second-order valence-electron chi connectivity index (χ2n) is 6.57. The van der Waals surface area contributed by atoms with Crippen molar-refractivity contribution in [3.05, 3.63) is 0 Å². The first kappa shape index (κ1) is 13.2. The van der Waals surface area contributed by atoms with Crippen molar-refractivity contribution in [3.8, 4) is 0 Å². The highest BCUT2D eigenvalue weighted by Gasteiger charge is 2.32. The Labute approximate surface area is 116 Å². The third-order valence-corrected chi connectivity index (χ3v) is 5.35. The normalized spacial score (nSPS) is 33.3. The van der Waals surface area contributed by atoms with E-state index in [1.165, 1.54) is 64.3 Å². The molecule has 2 aliphatic carbocycles. The van der Waals surface area contributed by atoms with Gasteiger partial charge in [0.2, 0.25) is 5.96 Å². The number of nitrogens with zero attached hydrogens (tertiary/aromatic N) is 2. The molecule has 4 heteroatoms. The molecular formula is C15H28N4. The van der Waals surface area contributed by atoms with Crippen molar-refractivity contribution < 1.29 is 0 Å². The second kappa shape index (κ2) is 6.12. The fourth-order valence-electron chi connectivity index (χ4n) is 4.21. The number of nitrogens with two attached hydrogens (primary N) is 1. The van der Waals surface area contributed by atoms with Crippen LogP contribution in [0.5, 0.6) is 0 Å². The molecule has 3 fully saturated rings. The monoisotopic (exact) mass is 264 g/mol. The molecule has 2 saturated carbocycles. The number of aliphatic imine (C=N–C) groups is 1. The van der Waals surface area contributed by atoms with Gasteiger partial charge in [-0.25, -0.2) is 10.8 Å². The van der Waals surface area contributed by atoms with Crippen molar-refractivity contribution >= 4 is 5.96 Å². The molecule has 3 aliphatic rings. The number of hydrazine groups is 1. The highest BCUT2D eigenvalue weighted by atomic mass is 15.4. The molecule has 2 unspecified atom stereocenters. The maximum absolute atomic E-state index is 5.73. The number of hydrogen-bond donors (Lipinski definition) is 2. The standard InChI is InChI=1S/C15H28N4/c16-18-15(17-14-7-3-4-8-14)19-10-9-12-5-1-2-6-13(12)11-19/h12-14H,1-11,16H2,(H,17,18). The zero-order valence-electron chi connectivity index (χ0n) is 12.0. The van der Waals surface area contributed by atoms with E-state index >= 15 is 0 Å². The van der Waals surface area contributed by atoms with E-state index in [2.05, 4.69) is 10.3 Å². The van der Waals surface area contributed by atoms with Gasteiger partial charge in [0.15, 0.2) is 0 Å². The summed E-state index contributed by atoms with van der Waals surface area (Å²) in [4.78, 5) is 7.27. The predicted octanol–water partition coefficient (Wildman–Crippen LogP) is 2.26. The molecule has 2 atom stereocenters. The van der Waals surface area contributed by atoms with Crippen LogP contribution in [0.25, 0.3) is 0 Å². The fourth-order valence-corrected chi connectivity index (χ4v) is 4.21. The Morgan fingerprint density at radius 2 is 1.63 bits per heavy atom. The minimum Gasteiger partial charge on any atom is -0.342 e. The molecule has 108 valence electrons. The van der Waals surface area contributed by atoms with Crippen LogP contribution in [0, 0.1) is 11.8 Å². The lowest BCUT2D eigenvalue weighted by molar-refractivity contribution is 0.127. The number of guanidine groups is 1. The van der Waals surface area contributed by atoms with Gasteiger partial charge < -0.3 is 4.90 Å². The Kier molecular flexibility index (Phi) is 4.26. The van der Waals surface area contributed by atoms with E-state index < -0.39 is 0 Å². The van der Waals surface area contributed by atoms with Crippen LogP contribution < -0.4 is 11.3 Å². The second-order valence-corrected chi connectivity index (χ2v) is 6.57. The average Bonchev–Trinajstić information content (AvgIpc) is 2.97. The van der Waals surface area contributed by atoms with Gasteiger partial charge in [-0.15, -0.1) is 0 Å². The van der Waals surface area contributed by atoms with Crippen molar-refractivity contribution in [3.63, 3.8) is 0 Å². The summed E-state index contributed by atoms with van der Waals surface area (Å²) in [7, 11) is 0. The summed E-state index contributed by atoms with van der Waals surface area (Å²) in [6.45, 7) is 2.30. The lowest BCUT2D eigenvalue weighted by Crippen LogP contribution is -2.51. The van der Waals surface area contributed by atoms with Crippen molar-refractivity contribution in [2.24, 2.45) is 22.7 Å². The summed E-state index contributed by atoms with van der Waals surface area (Å²) in [6.07, 6.45) is 12.2. The van der Waals surface area contributed by atoms with Crippen LogP contribution in [0.1, 0.15) is 57.8 Å². The molecule has 0 bridgehead atoms. The summed E-state index contributed by atoms with van der Waals surface area (Å²) in [5.74, 6) is 8.53. The van der Waals surface area contributed by atoms with Crippen LogP contribution in [-0.4, -0.2) is 30.0 Å². The van der Waals surface area contributed by atoms with Gasteiger partial charge in [-0.05, 0) is 37.5 Å². The molecule has 0 radical (unpaired) electrons. The minimum absolute atomic E-state index is 0.509. The number of piperidine rings is 1. The SMILES string of the molecule is NNC(=NC1CCCC1)N1CCC2CCCCC2C1. The van der Waals surface area contributed by atoms with Crippen molar-refractivity contribution in [1.82, 2.24) is 10.3 Å². The molecule has 0 aromatic carbocycles. The van der Waals surface area contributed by atoms with Crippen molar-refractivity contribution in [2.45, 2.75) is 63.8 Å². The van der Waals surface area contributed by atoms with Crippen LogP contribution >= 0.6 is 0 Å². The zero-order chi connectivity index (χ0) is 13.1. The van der Waals surface area contributed by atoms with E-state index in [4.69, 9.17) is 10.8 Å². The third-order valence-electron chi connectivity index (χ3n) is 5.35.